The van der Waals surface area contributed by atoms with Gasteiger partial charge < -0.3 is 5.73 Å². The van der Waals surface area contributed by atoms with Crippen LogP contribution >= 0.6 is 0 Å². The molecular weight excluding hydrogens is 272 g/mol. The summed E-state index contributed by atoms with van der Waals surface area (Å²) < 4.78 is 27.0. The summed E-state index contributed by atoms with van der Waals surface area (Å²) in [5.74, 6) is -1.06. The lowest BCUT2D eigenvalue weighted by molar-refractivity contribution is 0.0426. The molecule has 0 radical (unpaired) electrons. The fraction of sp³-hybridized carbons (Fsp3) is 0.625. The summed E-state index contributed by atoms with van der Waals surface area (Å²) >= 11 is 0. The highest BCUT2D eigenvalue weighted by atomic mass is 19.1. The molecule has 1 unspecified atom stereocenters. The number of rotatable bonds is 3. The first kappa shape index (κ1) is 16.3. The van der Waals surface area contributed by atoms with E-state index >= 15 is 0 Å². The van der Waals surface area contributed by atoms with Crippen molar-refractivity contribution in [2.24, 2.45) is 5.73 Å². The van der Waals surface area contributed by atoms with Gasteiger partial charge in [-0.2, -0.15) is 0 Å². The van der Waals surface area contributed by atoms with E-state index in [9.17, 15) is 8.78 Å². The Morgan fingerprint density at radius 1 is 1.14 bits per heavy atom. The molecule has 1 aromatic carbocycles. The van der Waals surface area contributed by atoms with Crippen molar-refractivity contribution in [3.05, 3.63) is 35.4 Å². The van der Waals surface area contributed by atoms with Crippen LogP contribution in [0.5, 0.6) is 0 Å². The number of nitrogens with two attached hydrogens (primary N) is 1. The molecule has 1 aliphatic rings. The molecule has 0 aromatic heterocycles. The van der Waals surface area contributed by atoms with E-state index in [1.807, 2.05) is 0 Å². The summed E-state index contributed by atoms with van der Waals surface area (Å²) in [6.45, 7) is 10.5. The molecule has 0 amide bonds. The number of nitrogens with zero attached hydrogens (tertiary/aromatic N) is 2. The summed E-state index contributed by atoms with van der Waals surface area (Å²) in [7, 11) is 0. The third kappa shape index (κ3) is 3.78. The molecule has 1 heterocycles. The van der Waals surface area contributed by atoms with E-state index in [0.29, 0.717) is 12.1 Å². The van der Waals surface area contributed by atoms with Crippen LogP contribution in [-0.4, -0.2) is 48.1 Å². The van der Waals surface area contributed by atoms with Gasteiger partial charge in [0.2, 0.25) is 0 Å². The maximum absolute atomic E-state index is 14.0. The van der Waals surface area contributed by atoms with Crippen LogP contribution in [0.15, 0.2) is 18.2 Å². The quantitative estimate of drug-likeness (QED) is 0.930. The lowest BCUT2D eigenvalue weighted by atomic mass is 10.0. The van der Waals surface area contributed by atoms with Crippen LogP contribution < -0.4 is 5.73 Å². The van der Waals surface area contributed by atoms with Gasteiger partial charge in [0.25, 0.3) is 0 Å². The molecule has 3 nitrogen and oxygen atoms in total. The molecule has 1 fully saturated rings. The van der Waals surface area contributed by atoms with E-state index in [1.54, 1.807) is 0 Å². The van der Waals surface area contributed by atoms with Crippen molar-refractivity contribution in [3.8, 4) is 0 Å². The maximum Gasteiger partial charge on any atom is 0.130 e. The van der Waals surface area contributed by atoms with Gasteiger partial charge in [-0.3, -0.25) is 9.80 Å². The Kier molecular flexibility index (Phi) is 4.96. The zero-order chi connectivity index (χ0) is 15.6. The van der Waals surface area contributed by atoms with Gasteiger partial charge in [-0.05, 0) is 26.8 Å². The maximum atomic E-state index is 14.0. The summed E-state index contributed by atoms with van der Waals surface area (Å²) in [6.07, 6.45) is 0. The summed E-state index contributed by atoms with van der Waals surface area (Å²) in [5, 5.41) is 0. The monoisotopic (exact) mass is 297 g/mol. The Morgan fingerprint density at radius 2 is 1.76 bits per heavy atom. The summed E-state index contributed by atoms with van der Waals surface area (Å²) in [4.78, 5) is 4.61. The van der Waals surface area contributed by atoms with Gasteiger partial charge in [0, 0.05) is 49.9 Å². The average Bonchev–Trinajstić information content (AvgIpc) is 2.41. The van der Waals surface area contributed by atoms with Gasteiger partial charge in [-0.1, -0.05) is 6.07 Å². The van der Waals surface area contributed by atoms with Crippen LogP contribution in [0.2, 0.25) is 0 Å². The number of benzene rings is 1. The highest BCUT2D eigenvalue weighted by Gasteiger charge is 2.30. The minimum atomic E-state index is -0.551. The molecule has 118 valence electrons. The first-order valence-corrected chi connectivity index (χ1v) is 7.47. The lowest BCUT2D eigenvalue weighted by Crippen LogP contribution is -2.54. The van der Waals surface area contributed by atoms with E-state index in [2.05, 4.69) is 30.6 Å². The predicted molar refractivity (Wildman–Crippen MR) is 81.1 cm³/mol. The second-order valence-electron chi connectivity index (χ2n) is 6.61. The molecule has 0 aliphatic carbocycles. The SMILES string of the molecule is CC(C)(C)N1CCN(C(CN)c2ccc(F)cc2F)CC1. The zero-order valence-corrected chi connectivity index (χ0v) is 13.1. The Labute approximate surface area is 125 Å². The van der Waals surface area contributed by atoms with Crippen molar-refractivity contribution in [1.82, 2.24) is 9.80 Å². The largest absolute Gasteiger partial charge is 0.329 e. The van der Waals surface area contributed by atoms with E-state index in [-0.39, 0.29) is 11.6 Å². The van der Waals surface area contributed by atoms with Crippen molar-refractivity contribution in [3.63, 3.8) is 0 Å². The van der Waals surface area contributed by atoms with Gasteiger partial charge in [-0.15, -0.1) is 0 Å². The van der Waals surface area contributed by atoms with Crippen molar-refractivity contribution in [1.29, 1.82) is 0 Å². The van der Waals surface area contributed by atoms with Crippen LogP contribution in [0.3, 0.4) is 0 Å². The molecule has 1 saturated heterocycles. The number of hydrogen-bond acceptors (Lipinski definition) is 3. The van der Waals surface area contributed by atoms with Crippen molar-refractivity contribution < 1.29 is 8.78 Å². The van der Waals surface area contributed by atoms with Crippen molar-refractivity contribution in [2.75, 3.05) is 32.7 Å². The van der Waals surface area contributed by atoms with Gasteiger partial charge in [0.1, 0.15) is 11.6 Å². The first-order valence-electron chi connectivity index (χ1n) is 7.47. The standard InChI is InChI=1S/C16H25F2N3/c1-16(2,3)21-8-6-20(7-9-21)15(11-19)13-5-4-12(17)10-14(13)18/h4-5,10,15H,6-9,11,19H2,1-3H3. The first-order chi connectivity index (χ1) is 9.82. The van der Waals surface area contributed by atoms with Crippen LogP contribution in [0.25, 0.3) is 0 Å². The van der Waals surface area contributed by atoms with Crippen LogP contribution in [0, 0.1) is 11.6 Å². The van der Waals surface area contributed by atoms with E-state index < -0.39 is 11.6 Å². The second-order valence-corrected chi connectivity index (χ2v) is 6.61. The van der Waals surface area contributed by atoms with Crippen molar-refractivity contribution in [2.45, 2.75) is 32.4 Å². The second kappa shape index (κ2) is 6.38. The Balaban J connectivity index is 2.09. The molecule has 1 aliphatic heterocycles. The highest BCUT2D eigenvalue weighted by molar-refractivity contribution is 5.23. The topological polar surface area (TPSA) is 32.5 Å². The van der Waals surface area contributed by atoms with Crippen LogP contribution in [0.4, 0.5) is 8.78 Å². The third-order valence-electron chi connectivity index (χ3n) is 4.25. The minimum Gasteiger partial charge on any atom is -0.329 e. The zero-order valence-electron chi connectivity index (χ0n) is 13.1. The fourth-order valence-corrected chi connectivity index (χ4v) is 2.95. The molecule has 0 spiro atoms. The fourth-order valence-electron chi connectivity index (χ4n) is 2.95. The highest BCUT2D eigenvalue weighted by Crippen LogP contribution is 2.26. The Hall–Kier alpha value is -1.04. The molecule has 0 bridgehead atoms. The molecular formula is C16H25F2N3. The van der Waals surface area contributed by atoms with Crippen LogP contribution in [-0.2, 0) is 0 Å². The lowest BCUT2D eigenvalue weighted by Gasteiger charge is -2.44. The Morgan fingerprint density at radius 3 is 2.24 bits per heavy atom. The van der Waals surface area contributed by atoms with Gasteiger partial charge in [-0.25, -0.2) is 8.78 Å². The summed E-state index contributed by atoms with van der Waals surface area (Å²) in [5.41, 5.74) is 6.48. The van der Waals surface area contributed by atoms with Gasteiger partial charge in [0.05, 0.1) is 6.04 Å². The van der Waals surface area contributed by atoms with Gasteiger partial charge >= 0.3 is 0 Å². The predicted octanol–water partition coefficient (Wildman–Crippen LogP) is 2.38. The normalized spacial score (nSPS) is 19.7. The summed E-state index contributed by atoms with van der Waals surface area (Å²) in [6, 6.07) is 3.56. The van der Waals surface area contributed by atoms with Crippen LogP contribution in [0.1, 0.15) is 32.4 Å². The molecule has 1 aromatic rings. The third-order valence-corrected chi connectivity index (χ3v) is 4.25. The Bertz CT molecular complexity index is 477. The molecule has 0 saturated carbocycles. The number of piperazine rings is 1. The van der Waals surface area contributed by atoms with Crippen molar-refractivity contribution >= 4 is 0 Å². The molecule has 1 atom stereocenters. The number of hydrogen-bond donors (Lipinski definition) is 1. The molecule has 5 heteroatoms. The van der Waals surface area contributed by atoms with E-state index in [1.165, 1.54) is 12.1 Å². The minimum absolute atomic E-state index is 0.144. The smallest absolute Gasteiger partial charge is 0.130 e. The molecule has 2 rings (SSSR count). The van der Waals surface area contributed by atoms with E-state index in [0.717, 1.165) is 32.2 Å². The van der Waals surface area contributed by atoms with E-state index in [4.69, 9.17) is 5.73 Å². The molecule has 2 N–H and O–H groups in total. The average molecular weight is 297 g/mol. The molecule has 21 heavy (non-hydrogen) atoms. The van der Waals surface area contributed by atoms with Gasteiger partial charge in [0.15, 0.2) is 0 Å². The number of halogens is 2.